The summed E-state index contributed by atoms with van der Waals surface area (Å²) in [7, 11) is 0. The van der Waals surface area contributed by atoms with E-state index in [4.69, 9.17) is 10.5 Å². The van der Waals surface area contributed by atoms with Gasteiger partial charge in [0.2, 0.25) is 0 Å². The number of carbonyl (C=O) groups is 1. The van der Waals surface area contributed by atoms with Gasteiger partial charge in [-0.05, 0) is 36.5 Å². The van der Waals surface area contributed by atoms with Crippen molar-refractivity contribution in [2.24, 2.45) is 5.92 Å². The Morgan fingerprint density at radius 2 is 2.17 bits per heavy atom. The van der Waals surface area contributed by atoms with Crippen LogP contribution in [-0.2, 0) is 13.0 Å². The number of hydrogen-bond donors (Lipinski definition) is 1. The molecule has 23 heavy (non-hydrogen) atoms. The molecule has 0 spiro atoms. The molecule has 1 heterocycles. The van der Waals surface area contributed by atoms with Crippen molar-refractivity contribution in [2.45, 2.75) is 45.8 Å². The predicted molar refractivity (Wildman–Crippen MR) is 89.6 cm³/mol. The van der Waals surface area contributed by atoms with Gasteiger partial charge in [-0.15, -0.1) is 0 Å². The number of nitrogens with two attached hydrogens (primary N) is 1. The lowest BCUT2D eigenvalue weighted by Gasteiger charge is -2.26. The molecule has 5 heteroatoms. The van der Waals surface area contributed by atoms with E-state index in [0.29, 0.717) is 30.3 Å². The maximum absolute atomic E-state index is 12.0. The maximum atomic E-state index is 12.0. The summed E-state index contributed by atoms with van der Waals surface area (Å²) in [6.45, 7) is 4.96. The molecule has 3 rings (SSSR count). The van der Waals surface area contributed by atoms with Crippen molar-refractivity contribution in [3.05, 3.63) is 42.0 Å². The number of fused-ring (bicyclic) bond motifs is 1. The second kappa shape index (κ2) is 6.44. The number of nitrogens with zero attached hydrogens (tertiary/aromatic N) is 2. The minimum absolute atomic E-state index is 0.0103. The van der Waals surface area contributed by atoms with E-state index in [1.165, 1.54) is 0 Å². The molecule has 0 radical (unpaired) electrons. The lowest BCUT2D eigenvalue weighted by Crippen LogP contribution is -2.29. The number of hydrogen-bond acceptors (Lipinski definition) is 4. The fraction of sp³-hybridized carbons (Fsp3) is 0.444. The van der Waals surface area contributed by atoms with Crippen molar-refractivity contribution in [2.75, 3.05) is 5.73 Å². The normalized spacial score (nSPS) is 15.5. The van der Waals surface area contributed by atoms with Gasteiger partial charge >= 0.3 is 0 Å². The number of rotatable bonds is 5. The van der Waals surface area contributed by atoms with Crippen LogP contribution in [0.1, 0.15) is 42.6 Å². The average Bonchev–Trinajstić information content (AvgIpc) is 3.03. The van der Waals surface area contributed by atoms with E-state index >= 15 is 0 Å². The number of nitrogen functional groups attached to an aromatic ring is 1. The number of imidazole rings is 1. The Morgan fingerprint density at radius 3 is 2.87 bits per heavy atom. The van der Waals surface area contributed by atoms with Crippen LogP contribution >= 0.6 is 0 Å². The van der Waals surface area contributed by atoms with Crippen LogP contribution in [0.2, 0.25) is 0 Å². The first-order valence-corrected chi connectivity index (χ1v) is 8.13. The molecular formula is C18H23N3O2. The highest BCUT2D eigenvalue weighted by atomic mass is 16.5. The van der Waals surface area contributed by atoms with Crippen LogP contribution in [0.5, 0.6) is 5.75 Å². The highest BCUT2D eigenvalue weighted by Gasteiger charge is 2.23. The number of aromatic nitrogens is 2. The minimum atomic E-state index is -0.0103. The highest BCUT2D eigenvalue weighted by molar-refractivity contribution is 6.00. The van der Waals surface area contributed by atoms with Gasteiger partial charge in [0.1, 0.15) is 11.9 Å². The monoisotopic (exact) mass is 313 g/mol. The molecule has 1 aliphatic rings. The Kier molecular flexibility index (Phi) is 4.37. The molecule has 0 aliphatic heterocycles. The molecule has 0 saturated carbocycles. The lowest BCUT2D eigenvalue weighted by molar-refractivity contribution is 0.0972. The van der Waals surface area contributed by atoms with E-state index in [2.05, 4.69) is 18.8 Å². The first kappa shape index (κ1) is 15.6. The van der Waals surface area contributed by atoms with Gasteiger partial charge in [-0.25, -0.2) is 4.98 Å². The SMILES string of the molecule is CC(C)C(Cn1ccnc1)Oc1ccc2c(c1N)CCCC2=O. The zero-order chi connectivity index (χ0) is 16.4. The fourth-order valence-corrected chi connectivity index (χ4v) is 2.99. The van der Waals surface area contributed by atoms with Crippen LogP contribution in [-0.4, -0.2) is 21.4 Å². The van der Waals surface area contributed by atoms with Gasteiger partial charge in [0.15, 0.2) is 5.78 Å². The molecule has 1 aromatic heterocycles. The molecule has 0 amide bonds. The Hall–Kier alpha value is -2.30. The van der Waals surface area contributed by atoms with Crippen LogP contribution < -0.4 is 10.5 Å². The molecule has 1 aliphatic carbocycles. The Labute approximate surface area is 136 Å². The molecule has 2 aromatic rings. The van der Waals surface area contributed by atoms with E-state index in [1.54, 1.807) is 12.5 Å². The number of Topliss-reactive ketones (excluding diaryl/α,β-unsaturated/α-hetero) is 1. The van der Waals surface area contributed by atoms with Gasteiger partial charge < -0.3 is 15.0 Å². The molecular weight excluding hydrogens is 290 g/mol. The van der Waals surface area contributed by atoms with Crippen LogP contribution in [0.4, 0.5) is 5.69 Å². The van der Waals surface area contributed by atoms with E-state index in [-0.39, 0.29) is 11.9 Å². The predicted octanol–water partition coefficient (Wildman–Crippen LogP) is 3.09. The van der Waals surface area contributed by atoms with E-state index in [0.717, 1.165) is 24.0 Å². The first-order valence-electron chi connectivity index (χ1n) is 8.13. The van der Waals surface area contributed by atoms with Crippen LogP contribution in [0.3, 0.4) is 0 Å². The van der Waals surface area contributed by atoms with Gasteiger partial charge in [0.25, 0.3) is 0 Å². The van der Waals surface area contributed by atoms with Crippen LogP contribution in [0, 0.1) is 5.92 Å². The van der Waals surface area contributed by atoms with E-state index in [1.807, 2.05) is 22.9 Å². The second-order valence-electron chi connectivity index (χ2n) is 6.44. The summed E-state index contributed by atoms with van der Waals surface area (Å²) in [4.78, 5) is 16.1. The van der Waals surface area contributed by atoms with E-state index < -0.39 is 0 Å². The summed E-state index contributed by atoms with van der Waals surface area (Å²) >= 11 is 0. The fourth-order valence-electron chi connectivity index (χ4n) is 2.99. The average molecular weight is 313 g/mol. The van der Waals surface area contributed by atoms with Gasteiger partial charge in [-0.3, -0.25) is 4.79 Å². The summed E-state index contributed by atoms with van der Waals surface area (Å²) in [5.41, 5.74) is 8.62. The number of benzene rings is 1. The molecule has 1 aromatic carbocycles. The molecule has 1 atom stereocenters. The molecule has 0 saturated heterocycles. The Bertz CT molecular complexity index is 693. The van der Waals surface area contributed by atoms with Crippen molar-refractivity contribution < 1.29 is 9.53 Å². The molecule has 2 N–H and O–H groups in total. The zero-order valence-corrected chi connectivity index (χ0v) is 13.7. The maximum Gasteiger partial charge on any atom is 0.163 e. The Morgan fingerprint density at radius 1 is 1.35 bits per heavy atom. The zero-order valence-electron chi connectivity index (χ0n) is 13.7. The summed E-state index contributed by atoms with van der Waals surface area (Å²) < 4.78 is 8.20. The molecule has 5 nitrogen and oxygen atoms in total. The van der Waals surface area contributed by atoms with Crippen molar-refractivity contribution in [1.29, 1.82) is 0 Å². The molecule has 1 unspecified atom stereocenters. The highest BCUT2D eigenvalue weighted by Crippen LogP contribution is 2.34. The van der Waals surface area contributed by atoms with Gasteiger partial charge in [-0.2, -0.15) is 0 Å². The van der Waals surface area contributed by atoms with Crippen molar-refractivity contribution in [3.8, 4) is 5.75 Å². The van der Waals surface area contributed by atoms with Crippen molar-refractivity contribution in [3.63, 3.8) is 0 Å². The standard InChI is InChI=1S/C18H23N3O2/c1-12(2)17(10-21-9-8-20-11-21)23-16-7-6-13-14(18(16)19)4-3-5-15(13)22/h6-9,11-12,17H,3-5,10,19H2,1-2H3. The van der Waals surface area contributed by atoms with Crippen LogP contribution in [0.15, 0.2) is 30.9 Å². The topological polar surface area (TPSA) is 70.1 Å². The van der Waals surface area contributed by atoms with Gasteiger partial charge in [0.05, 0.1) is 18.6 Å². The third-order valence-electron chi connectivity index (χ3n) is 4.42. The number of anilines is 1. The second-order valence-corrected chi connectivity index (χ2v) is 6.44. The van der Waals surface area contributed by atoms with Crippen LogP contribution in [0.25, 0.3) is 0 Å². The largest absolute Gasteiger partial charge is 0.486 e. The Balaban J connectivity index is 1.84. The summed E-state index contributed by atoms with van der Waals surface area (Å²) in [6.07, 6.45) is 7.78. The third-order valence-corrected chi connectivity index (χ3v) is 4.42. The molecule has 0 fully saturated rings. The van der Waals surface area contributed by atoms with Gasteiger partial charge in [-0.1, -0.05) is 13.8 Å². The van der Waals surface area contributed by atoms with Crippen molar-refractivity contribution in [1.82, 2.24) is 9.55 Å². The lowest BCUT2D eigenvalue weighted by atomic mass is 9.89. The van der Waals surface area contributed by atoms with Gasteiger partial charge in [0, 0.05) is 24.4 Å². The summed E-state index contributed by atoms with van der Waals surface area (Å²) in [6, 6.07) is 3.69. The number of ether oxygens (including phenoxy) is 1. The number of carbonyl (C=O) groups excluding carboxylic acids is 1. The third kappa shape index (κ3) is 3.23. The summed E-state index contributed by atoms with van der Waals surface area (Å²) in [5, 5.41) is 0. The molecule has 0 bridgehead atoms. The first-order chi connectivity index (χ1) is 11.1. The van der Waals surface area contributed by atoms with Crippen molar-refractivity contribution >= 4 is 11.5 Å². The quantitative estimate of drug-likeness (QED) is 0.861. The molecule has 122 valence electrons. The number of ketones is 1. The summed E-state index contributed by atoms with van der Waals surface area (Å²) in [5.74, 6) is 1.19. The van der Waals surface area contributed by atoms with E-state index in [9.17, 15) is 4.79 Å². The minimum Gasteiger partial charge on any atom is -0.486 e. The smallest absolute Gasteiger partial charge is 0.163 e.